The first kappa shape index (κ1) is 22.0. The van der Waals surface area contributed by atoms with Crippen LogP contribution in [0.5, 0.6) is 5.75 Å². The molecular weight excluding hydrogens is 378 g/mol. The van der Waals surface area contributed by atoms with Crippen LogP contribution in [0.1, 0.15) is 36.8 Å². The van der Waals surface area contributed by atoms with Gasteiger partial charge in [-0.05, 0) is 24.6 Å². The van der Waals surface area contributed by atoms with Crippen LogP contribution < -0.4 is 9.64 Å². The summed E-state index contributed by atoms with van der Waals surface area (Å²) in [6, 6.07) is 9.89. The lowest BCUT2D eigenvalue weighted by Crippen LogP contribution is -2.50. The van der Waals surface area contributed by atoms with Crippen LogP contribution in [0.15, 0.2) is 30.3 Å². The maximum atomic E-state index is 12.7. The molecule has 30 heavy (non-hydrogen) atoms. The van der Waals surface area contributed by atoms with Gasteiger partial charge in [-0.25, -0.2) is 9.97 Å². The molecule has 1 aliphatic rings. The van der Waals surface area contributed by atoms with E-state index in [1.807, 2.05) is 38.2 Å². The molecule has 1 aromatic heterocycles. The number of carbonyl (C=O) groups is 1. The maximum Gasteiger partial charge on any atom is 0.236 e. The highest BCUT2D eigenvalue weighted by Crippen LogP contribution is 2.19. The minimum Gasteiger partial charge on any atom is -0.497 e. The van der Waals surface area contributed by atoms with Crippen molar-refractivity contribution < 1.29 is 9.53 Å². The first-order chi connectivity index (χ1) is 14.4. The molecule has 1 amide bonds. The SMILES string of the molecule is COc1ccc(CN(C)C(=O)CN2CCN(c3cc(C)nc(C(C)C)n3)CC2)cc1. The van der Waals surface area contributed by atoms with Crippen molar-refractivity contribution in [2.75, 3.05) is 51.8 Å². The van der Waals surface area contributed by atoms with E-state index in [4.69, 9.17) is 9.72 Å². The predicted molar refractivity (Wildman–Crippen MR) is 119 cm³/mol. The lowest BCUT2D eigenvalue weighted by atomic mass is 10.2. The van der Waals surface area contributed by atoms with E-state index in [-0.39, 0.29) is 5.91 Å². The number of methoxy groups -OCH3 is 1. The molecule has 2 aromatic rings. The van der Waals surface area contributed by atoms with Crippen LogP contribution in [0.3, 0.4) is 0 Å². The lowest BCUT2D eigenvalue weighted by molar-refractivity contribution is -0.131. The molecule has 1 aliphatic heterocycles. The van der Waals surface area contributed by atoms with Gasteiger partial charge in [-0.15, -0.1) is 0 Å². The van der Waals surface area contributed by atoms with Gasteiger partial charge < -0.3 is 14.5 Å². The Morgan fingerprint density at radius 3 is 2.40 bits per heavy atom. The monoisotopic (exact) mass is 411 g/mol. The fourth-order valence-electron chi connectivity index (χ4n) is 3.53. The molecule has 0 atom stereocenters. The van der Waals surface area contributed by atoms with E-state index in [0.717, 1.165) is 54.8 Å². The second-order valence-electron chi connectivity index (χ2n) is 8.24. The minimum atomic E-state index is 0.138. The van der Waals surface area contributed by atoms with Gasteiger partial charge in [0.15, 0.2) is 0 Å². The van der Waals surface area contributed by atoms with Gasteiger partial charge >= 0.3 is 0 Å². The molecule has 0 unspecified atom stereocenters. The Morgan fingerprint density at radius 1 is 1.13 bits per heavy atom. The number of likely N-dealkylation sites (N-methyl/N-ethyl adjacent to an activating group) is 1. The number of nitrogens with zero attached hydrogens (tertiary/aromatic N) is 5. The van der Waals surface area contributed by atoms with Gasteiger partial charge in [0.05, 0.1) is 13.7 Å². The number of ether oxygens (including phenoxy) is 1. The Hall–Kier alpha value is -2.67. The van der Waals surface area contributed by atoms with E-state index in [0.29, 0.717) is 19.0 Å². The number of amides is 1. The van der Waals surface area contributed by atoms with Crippen molar-refractivity contribution in [1.82, 2.24) is 19.8 Å². The molecule has 1 aromatic carbocycles. The van der Waals surface area contributed by atoms with E-state index in [9.17, 15) is 4.79 Å². The summed E-state index contributed by atoms with van der Waals surface area (Å²) in [5, 5.41) is 0. The van der Waals surface area contributed by atoms with Crippen molar-refractivity contribution in [3.63, 3.8) is 0 Å². The largest absolute Gasteiger partial charge is 0.497 e. The minimum absolute atomic E-state index is 0.138. The van der Waals surface area contributed by atoms with Gasteiger partial charge in [-0.1, -0.05) is 26.0 Å². The molecule has 0 N–H and O–H groups in total. The van der Waals surface area contributed by atoms with Gasteiger partial charge in [0, 0.05) is 57.4 Å². The van der Waals surface area contributed by atoms with Crippen molar-refractivity contribution in [3.8, 4) is 5.75 Å². The lowest BCUT2D eigenvalue weighted by Gasteiger charge is -2.36. The zero-order valence-corrected chi connectivity index (χ0v) is 18.8. The summed E-state index contributed by atoms with van der Waals surface area (Å²) in [5.74, 6) is 3.16. The van der Waals surface area contributed by atoms with Crippen molar-refractivity contribution in [3.05, 3.63) is 47.4 Å². The van der Waals surface area contributed by atoms with E-state index in [2.05, 4.69) is 34.7 Å². The standard InChI is InChI=1S/C23H33N5O2/c1-17(2)23-24-18(3)14-21(25-23)28-12-10-27(11-13-28)16-22(29)26(4)15-19-6-8-20(30-5)9-7-19/h6-9,14,17H,10-13,15-16H2,1-5H3. The third kappa shape index (κ3) is 5.69. The summed E-state index contributed by atoms with van der Waals surface area (Å²) in [5.41, 5.74) is 2.10. The van der Waals surface area contributed by atoms with Gasteiger partial charge in [0.2, 0.25) is 5.91 Å². The molecular formula is C23H33N5O2. The molecule has 0 aliphatic carbocycles. The normalized spacial score (nSPS) is 14.8. The van der Waals surface area contributed by atoms with Gasteiger partial charge in [0.1, 0.15) is 17.4 Å². The van der Waals surface area contributed by atoms with Crippen LogP contribution in [0, 0.1) is 6.92 Å². The summed E-state index contributed by atoms with van der Waals surface area (Å²) in [6.07, 6.45) is 0. The highest BCUT2D eigenvalue weighted by atomic mass is 16.5. The summed E-state index contributed by atoms with van der Waals surface area (Å²) < 4.78 is 5.19. The first-order valence-corrected chi connectivity index (χ1v) is 10.6. The van der Waals surface area contributed by atoms with Crippen molar-refractivity contribution in [2.45, 2.75) is 33.2 Å². The van der Waals surface area contributed by atoms with Crippen LogP contribution in [0.4, 0.5) is 5.82 Å². The van der Waals surface area contributed by atoms with Gasteiger partial charge in [-0.3, -0.25) is 9.69 Å². The average Bonchev–Trinajstić information content (AvgIpc) is 2.74. The van der Waals surface area contributed by atoms with Crippen molar-refractivity contribution in [1.29, 1.82) is 0 Å². The van der Waals surface area contributed by atoms with Crippen molar-refractivity contribution >= 4 is 11.7 Å². The second kappa shape index (κ2) is 9.89. The third-order valence-electron chi connectivity index (χ3n) is 5.43. The van der Waals surface area contributed by atoms with Gasteiger partial charge in [-0.2, -0.15) is 0 Å². The molecule has 0 saturated carbocycles. The number of aryl methyl sites for hydroxylation is 1. The molecule has 1 fully saturated rings. The summed E-state index contributed by atoms with van der Waals surface area (Å²) in [6.45, 7) is 10.7. The number of hydrogen-bond donors (Lipinski definition) is 0. The Morgan fingerprint density at radius 2 is 1.80 bits per heavy atom. The Kier molecular flexibility index (Phi) is 7.26. The molecule has 0 radical (unpaired) electrons. The number of aromatic nitrogens is 2. The predicted octanol–water partition coefficient (Wildman–Crippen LogP) is 2.70. The number of carbonyl (C=O) groups excluding carboxylic acids is 1. The zero-order valence-electron chi connectivity index (χ0n) is 18.8. The van der Waals surface area contributed by atoms with Crippen molar-refractivity contribution in [2.24, 2.45) is 0 Å². The molecule has 2 heterocycles. The maximum absolute atomic E-state index is 12.7. The van der Waals surface area contributed by atoms with Gasteiger partial charge in [0.25, 0.3) is 0 Å². The summed E-state index contributed by atoms with van der Waals surface area (Å²) in [7, 11) is 3.51. The first-order valence-electron chi connectivity index (χ1n) is 10.6. The van der Waals surface area contributed by atoms with E-state index >= 15 is 0 Å². The van der Waals surface area contributed by atoms with Crippen LogP contribution in [0.2, 0.25) is 0 Å². The Bertz CT molecular complexity index is 845. The van der Waals surface area contributed by atoms with E-state index < -0.39 is 0 Å². The second-order valence-corrected chi connectivity index (χ2v) is 8.24. The molecule has 1 saturated heterocycles. The summed E-state index contributed by atoms with van der Waals surface area (Å²) in [4.78, 5) is 28.3. The third-order valence-corrected chi connectivity index (χ3v) is 5.43. The van der Waals surface area contributed by atoms with Crippen LogP contribution in [0.25, 0.3) is 0 Å². The smallest absolute Gasteiger partial charge is 0.236 e. The molecule has 0 spiro atoms. The number of rotatable bonds is 7. The van der Waals surface area contributed by atoms with Crippen LogP contribution in [-0.4, -0.2) is 72.6 Å². The fourth-order valence-corrected chi connectivity index (χ4v) is 3.53. The highest BCUT2D eigenvalue weighted by Gasteiger charge is 2.22. The number of anilines is 1. The number of benzene rings is 1. The molecule has 7 heteroatoms. The highest BCUT2D eigenvalue weighted by molar-refractivity contribution is 5.78. The summed E-state index contributed by atoms with van der Waals surface area (Å²) >= 11 is 0. The molecule has 0 bridgehead atoms. The van der Waals surface area contributed by atoms with Crippen LogP contribution >= 0.6 is 0 Å². The Labute approximate surface area is 179 Å². The Balaban J connectivity index is 1.50. The van der Waals surface area contributed by atoms with E-state index in [1.54, 1.807) is 12.0 Å². The fraction of sp³-hybridized carbons (Fsp3) is 0.522. The topological polar surface area (TPSA) is 61.8 Å². The zero-order chi connectivity index (χ0) is 21.7. The van der Waals surface area contributed by atoms with E-state index in [1.165, 1.54) is 0 Å². The number of hydrogen-bond acceptors (Lipinski definition) is 6. The quantitative estimate of drug-likeness (QED) is 0.698. The number of piperazine rings is 1. The average molecular weight is 412 g/mol. The molecule has 162 valence electrons. The van der Waals surface area contributed by atoms with Crippen LogP contribution in [-0.2, 0) is 11.3 Å². The molecule has 7 nitrogen and oxygen atoms in total. The molecule has 3 rings (SSSR count).